The van der Waals surface area contributed by atoms with Crippen molar-refractivity contribution in [1.29, 1.82) is 0 Å². The Morgan fingerprint density at radius 2 is 2.00 bits per heavy atom. The van der Waals surface area contributed by atoms with E-state index in [1.54, 1.807) is 0 Å². The van der Waals surface area contributed by atoms with Gasteiger partial charge in [0.25, 0.3) is 0 Å². The fourth-order valence-electron chi connectivity index (χ4n) is 1.12. The number of carbonyl (C=O) groups is 2. The van der Waals surface area contributed by atoms with E-state index in [1.807, 2.05) is 6.92 Å². The highest BCUT2D eigenvalue weighted by atomic mass is 16.4. The molecule has 2 unspecified atom stereocenters. The highest BCUT2D eigenvalue weighted by molar-refractivity contribution is 5.86. The van der Waals surface area contributed by atoms with Crippen LogP contribution in [-0.2, 0) is 9.59 Å². The minimum atomic E-state index is -1.11. The number of hydrogen-bond acceptors (Lipinski definition) is 3. The van der Waals surface area contributed by atoms with E-state index in [-0.39, 0.29) is 5.78 Å². The van der Waals surface area contributed by atoms with Crippen LogP contribution in [0.15, 0.2) is 0 Å². The van der Waals surface area contributed by atoms with Gasteiger partial charge in [0.1, 0.15) is 11.8 Å². The molecular weight excluding hydrogens is 158 g/mol. The minimum Gasteiger partial charge on any atom is -0.480 e. The molecule has 3 N–H and O–H groups in total. The van der Waals surface area contributed by atoms with Crippen molar-refractivity contribution in [2.24, 2.45) is 11.7 Å². The minimum absolute atomic E-state index is 0.147. The number of Topliss-reactive ketones (excluding diaryl/α,β-unsaturated/α-hetero) is 1. The quantitative estimate of drug-likeness (QED) is 0.630. The molecule has 70 valence electrons. The zero-order chi connectivity index (χ0) is 9.72. The van der Waals surface area contributed by atoms with Gasteiger partial charge >= 0.3 is 5.97 Å². The Labute approximate surface area is 71.8 Å². The second kappa shape index (κ2) is 4.87. The van der Waals surface area contributed by atoms with Crippen LogP contribution < -0.4 is 5.73 Å². The summed E-state index contributed by atoms with van der Waals surface area (Å²) in [6.45, 7) is 3.27. The van der Waals surface area contributed by atoms with Crippen molar-refractivity contribution in [3.05, 3.63) is 0 Å². The van der Waals surface area contributed by atoms with Crippen LogP contribution in [0.5, 0.6) is 0 Å². The Kier molecular flexibility index (Phi) is 4.51. The summed E-state index contributed by atoms with van der Waals surface area (Å²) in [4.78, 5) is 21.4. The van der Waals surface area contributed by atoms with Gasteiger partial charge in [0.2, 0.25) is 0 Å². The Hall–Kier alpha value is -0.900. The summed E-state index contributed by atoms with van der Waals surface area (Å²) in [7, 11) is 0. The van der Waals surface area contributed by atoms with Gasteiger partial charge in [0, 0.05) is 5.92 Å². The van der Waals surface area contributed by atoms with Crippen molar-refractivity contribution in [2.75, 3.05) is 0 Å². The van der Waals surface area contributed by atoms with Gasteiger partial charge in [-0.1, -0.05) is 13.3 Å². The fourth-order valence-corrected chi connectivity index (χ4v) is 1.12. The Morgan fingerprint density at radius 3 is 2.25 bits per heavy atom. The molecule has 0 radical (unpaired) electrons. The predicted octanol–water partition coefficient (Wildman–Crippen LogP) is 0.404. The molecule has 0 fully saturated rings. The average Bonchev–Trinajstić information content (AvgIpc) is 1.98. The lowest BCUT2D eigenvalue weighted by Gasteiger charge is -2.16. The molecule has 0 saturated carbocycles. The molecule has 0 aliphatic heterocycles. The van der Waals surface area contributed by atoms with Crippen molar-refractivity contribution in [2.45, 2.75) is 32.7 Å². The molecule has 0 amide bonds. The molecule has 2 atom stereocenters. The number of nitrogens with two attached hydrogens (primary N) is 1. The molecule has 4 heteroatoms. The molecule has 0 saturated heterocycles. The SMILES string of the molecule is CCCC(C(C)=O)C(N)C(=O)O. The van der Waals surface area contributed by atoms with Crippen molar-refractivity contribution in [1.82, 2.24) is 0 Å². The van der Waals surface area contributed by atoms with Crippen LogP contribution in [0.25, 0.3) is 0 Å². The van der Waals surface area contributed by atoms with E-state index in [4.69, 9.17) is 10.8 Å². The molecule has 0 aromatic carbocycles. The molecular formula is C8H15NO3. The summed E-state index contributed by atoms with van der Waals surface area (Å²) in [5.41, 5.74) is 5.33. The third-order valence-electron chi connectivity index (χ3n) is 1.84. The second-order valence-electron chi connectivity index (χ2n) is 2.87. The first-order valence-electron chi connectivity index (χ1n) is 3.99. The Balaban J connectivity index is 4.28. The van der Waals surface area contributed by atoms with Crippen molar-refractivity contribution < 1.29 is 14.7 Å². The van der Waals surface area contributed by atoms with E-state index in [2.05, 4.69) is 0 Å². The zero-order valence-electron chi connectivity index (χ0n) is 7.41. The maximum Gasteiger partial charge on any atom is 0.321 e. The molecule has 0 aromatic heterocycles. The second-order valence-corrected chi connectivity index (χ2v) is 2.87. The lowest BCUT2D eigenvalue weighted by atomic mass is 9.92. The van der Waals surface area contributed by atoms with E-state index in [9.17, 15) is 9.59 Å². The molecule has 0 bridgehead atoms. The summed E-state index contributed by atoms with van der Waals surface area (Å²) in [5.74, 6) is -1.79. The number of aliphatic carboxylic acids is 1. The maximum atomic E-state index is 10.9. The summed E-state index contributed by atoms with van der Waals surface area (Å²) in [6.07, 6.45) is 1.31. The van der Waals surface area contributed by atoms with Crippen LogP contribution in [0.3, 0.4) is 0 Å². The first-order chi connectivity index (χ1) is 5.50. The van der Waals surface area contributed by atoms with Gasteiger partial charge in [-0.25, -0.2) is 0 Å². The third-order valence-corrected chi connectivity index (χ3v) is 1.84. The monoisotopic (exact) mass is 173 g/mol. The Bertz CT molecular complexity index is 179. The fraction of sp³-hybridized carbons (Fsp3) is 0.750. The number of ketones is 1. The summed E-state index contributed by atoms with van der Waals surface area (Å²) < 4.78 is 0. The van der Waals surface area contributed by atoms with Gasteiger partial charge in [-0.15, -0.1) is 0 Å². The number of carboxylic acid groups (broad SMARTS) is 1. The van der Waals surface area contributed by atoms with Gasteiger partial charge in [-0.2, -0.15) is 0 Å². The van der Waals surface area contributed by atoms with Crippen molar-refractivity contribution >= 4 is 11.8 Å². The summed E-state index contributed by atoms with van der Waals surface area (Å²) in [5, 5.41) is 8.55. The van der Waals surface area contributed by atoms with E-state index in [0.717, 1.165) is 6.42 Å². The number of carboxylic acids is 1. The molecule has 4 nitrogen and oxygen atoms in total. The molecule has 0 spiro atoms. The van der Waals surface area contributed by atoms with Gasteiger partial charge in [-0.05, 0) is 13.3 Å². The van der Waals surface area contributed by atoms with Crippen LogP contribution >= 0.6 is 0 Å². The van der Waals surface area contributed by atoms with Gasteiger partial charge < -0.3 is 10.8 Å². The molecule has 12 heavy (non-hydrogen) atoms. The van der Waals surface area contributed by atoms with Crippen molar-refractivity contribution in [3.8, 4) is 0 Å². The van der Waals surface area contributed by atoms with Crippen LogP contribution in [0, 0.1) is 5.92 Å². The smallest absolute Gasteiger partial charge is 0.321 e. The predicted molar refractivity (Wildman–Crippen MR) is 44.7 cm³/mol. The maximum absolute atomic E-state index is 10.9. The summed E-state index contributed by atoms with van der Waals surface area (Å²) in [6, 6.07) is -1.05. The van der Waals surface area contributed by atoms with Gasteiger partial charge in [0.15, 0.2) is 0 Å². The van der Waals surface area contributed by atoms with E-state index in [1.165, 1.54) is 6.92 Å². The van der Waals surface area contributed by atoms with E-state index < -0.39 is 17.9 Å². The number of rotatable bonds is 5. The first-order valence-corrected chi connectivity index (χ1v) is 3.99. The van der Waals surface area contributed by atoms with Gasteiger partial charge in [0.05, 0.1) is 0 Å². The van der Waals surface area contributed by atoms with E-state index in [0.29, 0.717) is 6.42 Å². The molecule has 0 aliphatic carbocycles. The topological polar surface area (TPSA) is 80.4 Å². The number of hydrogen-bond donors (Lipinski definition) is 2. The normalized spacial score (nSPS) is 15.2. The third kappa shape index (κ3) is 3.00. The van der Waals surface area contributed by atoms with E-state index >= 15 is 0 Å². The number of carbonyl (C=O) groups excluding carboxylic acids is 1. The first kappa shape index (κ1) is 11.1. The molecule has 0 heterocycles. The van der Waals surface area contributed by atoms with Crippen LogP contribution in [-0.4, -0.2) is 22.9 Å². The lowest BCUT2D eigenvalue weighted by Crippen LogP contribution is -2.41. The molecule has 0 rings (SSSR count). The Morgan fingerprint density at radius 1 is 1.50 bits per heavy atom. The highest BCUT2D eigenvalue weighted by Crippen LogP contribution is 2.11. The summed E-state index contributed by atoms with van der Waals surface area (Å²) >= 11 is 0. The van der Waals surface area contributed by atoms with Gasteiger partial charge in [-0.3, -0.25) is 9.59 Å². The largest absolute Gasteiger partial charge is 0.480 e. The average molecular weight is 173 g/mol. The van der Waals surface area contributed by atoms with Crippen LogP contribution in [0.2, 0.25) is 0 Å². The lowest BCUT2D eigenvalue weighted by molar-refractivity contribution is -0.142. The van der Waals surface area contributed by atoms with Crippen LogP contribution in [0.4, 0.5) is 0 Å². The standard InChI is InChI=1S/C8H15NO3/c1-3-4-6(5(2)10)7(9)8(11)12/h6-7H,3-4,9H2,1-2H3,(H,11,12). The van der Waals surface area contributed by atoms with Crippen LogP contribution in [0.1, 0.15) is 26.7 Å². The molecule has 0 aliphatic rings. The van der Waals surface area contributed by atoms with Crippen molar-refractivity contribution in [3.63, 3.8) is 0 Å². The highest BCUT2D eigenvalue weighted by Gasteiger charge is 2.26. The zero-order valence-corrected chi connectivity index (χ0v) is 7.41. The molecule has 0 aromatic rings.